The van der Waals surface area contributed by atoms with Gasteiger partial charge in [0.25, 0.3) is 0 Å². The van der Waals surface area contributed by atoms with Crippen LogP contribution in [-0.2, 0) is 6.54 Å². The number of nitrogens with one attached hydrogen (secondary N) is 1. The second-order valence-electron chi connectivity index (χ2n) is 7.44. The Kier molecular flexibility index (Phi) is 4.38. The molecule has 3 nitrogen and oxygen atoms in total. The van der Waals surface area contributed by atoms with Gasteiger partial charge in [-0.1, -0.05) is 13.8 Å². The van der Waals surface area contributed by atoms with Gasteiger partial charge in [0, 0.05) is 30.9 Å². The van der Waals surface area contributed by atoms with Gasteiger partial charge < -0.3 is 10.2 Å². The maximum atomic E-state index is 4.73. The van der Waals surface area contributed by atoms with Crippen molar-refractivity contribution in [3.8, 4) is 0 Å². The smallest absolute Gasteiger partial charge is 0.129 e. The molecule has 2 atom stereocenters. The molecule has 3 heteroatoms. The minimum Gasteiger partial charge on any atom is -0.356 e. The molecule has 112 valence electrons. The summed E-state index contributed by atoms with van der Waals surface area (Å²) in [5.41, 5.74) is 2.59. The van der Waals surface area contributed by atoms with Crippen LogP contribution in [0.25, 0.3) is 0 Å². The van der Waals surface area contributed by atoms with Crippen molar-refractivity contribution < 1.29 is 0 Å². The Hall–Kier alpha value is -1.09. The van der Waals surface area contributed by atoms with Crippen LogP contribution >= 0.6 is 0 Å². The van der Waals surface area contributed by atoms with Gasteiger partial charge in [-0.3, -0.25) is 0 Å². The fourth-order valence-electron chi connectivity index (χ4n) is 2.67. The summed E-state index contributed by atoms with van der Waals surface area (Å²) in [5, 5.41) is 3.55. The first-order chi connectivity index (χ1) is 9.24. The lowest BCUT2D eigenvalue weighted by Crippen LogP contribution is -2.35. The molecule has 0 aliphatic carbocycles. The molecule has 2 unspecified atom stereocenters. The number of pyridine rings is 1. The van der Waals surface area contributed by atoms with Crippen LogP contribution in [0.4, 0.5) is 5.82 Å². The van der Waals surface area contributed by atoms with Gasteiger partial charge >= 0.3 is 0 Å². The van der Waals surface area contributed by atoms with Crippen LogP contribution in [0.2, 0.25) is 0 Å². The average Bonchev–Trinajstić information content (AvgIpc) is 2.66. The van der Waals surface area contributed by atoms with E-state index < -0.39 is 0 Å². The lowest BCUT2D eigenvalue weighted by atomic mass is 10.0. The van der Waals surface area contributed by atoms with Crippen LogP contribution in [-0.4, -0.2) is 23.6 Å². The lowest BCUT2D eigenvalue weighted by molar-refractivity contribution is 0.424. The highest BCUT2D eigenvalue weighted by Crippen LogP contribution is 2.27. The number of nitrogens with zero attached hydrogens (tertiary/aromatic N) is 2. The quantitative estimate of drug-likeness (QED) is 0.916. The topological polar surface area (TPSA) is 28.2 Å². The molecule has 1 aliphatic rings. The van der Waals surface area contributed by atoms with Crippen molar-refractivity contribution in [2.75, 3.05) is 18.0 Å². The SMILES string of the molecule is Cc1cc(CNC(C)(C)C)cc(N2CC(C)C(C)C2)n1. The minimum atomic E-state index is 0.147. The van der Waals surface area contributed by atoms with Crippen LogP contribution in [0.1, 0.15) is 45.9 Å². The molecule has 0 radical (unpaired) electrons. The first-order valence-corrected chi connectivity index (χ1v) is 7.72. The summed E-state index contributed by atoms with van der Waals surface area (Å²) >= 11 is 0. The first-order valence-electron chi connectivity index (χ1n) is 7.72. The van der Waals surface area contributed by atoms with E-state index in [0.717, 1.165) is 43.0 Å². The number of rotatable bonds is 3. The maximum absolute atomic E-state index is 4.73. The van der Waals surface area contributed by atoms with E-state index in [0.29, 0.717) is 0 Å². The Morgan fingerprint density at radius 2 is 1.80 bits per heavy atom. The number of aromatic nitrogens is 1. The largest absolute Gasteiger partial charge is 0.356 e. The van der Waals surface area contributed by atoms with Crippen molar-refractivity contribution in [1.82, 2.24) is 10.3 Å². The normalized spacial score (nSPS) is 23.4. The summed E-state index contributed by atoms with van der Waals surface area (Å²) in [6.45, 7) is 16.5. The zero-order chi connectivity index (χ0) is 14.9. The van der Waals surface area contributed by atoms with Crippen LogP contribution in [0.3, 0.4) is 0 Å². The molecule has 1 aromatic rings. The molecule has 0 bridgehead atoms. The Balaban J connectivity index is 2.13. The molecule has 0 saturated carbocycles. The standard InChI is InChI=1S/C17H29N3/c1-12-10-20(11-13(12)2)16-8-15(7-14(3)19-16)9-18-17(4,5)6/h7-8,12-13,18H,9-11H2,1-6H3. The number of anilines is 1. The summed E-state index contributed by atoms with van der Waals surface area (Å²) in [5.74, 6) is 2.66. The molecule has 0 aromatic carbocycles. The second kappa shape index (κ2) is 5.72. The molecule has 2 rings (SSSR count). The van der Waals surface area contributed by atoms with Gasteiger partial charge in [0.15, 0.2) is 0 Å². The van der Waals surface area contributed by atoms with Gasteiger partial charge in [-0.15, -0.1) is 0 Å². The molecule has 1 aromatic heterocycles. The van der Waals surface area contributed by atoms with Gasteiger partial charge in [0.05, 0.1) is 0 Å². The van der Waals surface area contributed by atoms with Crippen molar-refractivity contribution in [3.05, 3.63) is 23.4 Å². The fraction of sp³-hybridized carbons (Fsp3) is 0.706. The summed E-state index contributed by atoms with van der Waals surface area (Å²) in [6, 6.07) is 4.43. The van der Waals surface area contributed by atoms with Gasteiger partial charge in [0.1, 0.15) is 5.82 Å². The molecule has 1 fully saturated rings. The molecule has 20 heavy (non-hydrogen) atoms. The molecule has 1 N–H and O–H groups in total. The van der Waals surface area contributed by atoms with Crippen molar-refractivity contribution in [1.29, 1.82) is 0 Å². The van der Waals surface area contributed by atoms with Crippen LogP contribution in [0.5, 0.6) is 0 Å². The van der Waals surface area contributed by atoms with Crippen LogP contribution in [0.15, 0.2) is 12.1 Å². The second-order valence-corrected chi connectivity index (χ2v) is 7.44. The summed E-state index contributed by atoms with van der Waals surface area (Å²) in [6.07, 6.45) is 0. The lowest BCUT2D eigenvalue weighted by Gasteiger charge is -2.22. The molecule has 0 spiro atoms. The number of hydrogen-bond donors (Lipinski definition) is 1. The fourth-order valence-corrected chi connectivity index (χ4v) is 2.67. The van der Waals surface area contributed by atoms with Crippen LogP contribution in [0, 0.1) is 18.8 Å². The van der Waals surface area contributed by atoms with E-state index in [1.807, 2.05) is 0 Å². The van der Waals surface area contributed by atoms with E-state index in [1.165, 1.54) is 5.56 Å². The maximum Gasteiger partial charge on any atom is 0.129 e. The molecule has 0 amide bonds. The van der Waals surface area contributed by atoms with Crippen LogP contribution < -0.4 is 10.2 Å². The third kappa shape index (κ3) is 3.95. The highest BCUT2D eigenvalue weighted by Gasteiger charge is 2.27. The van der Waals surface area contributed by atoms with Crippen molar-refractivity contribution >= 4 is 5.82 Å². The Morgan fingerprint density at radius 3 is 2.35 bits per heavy atom. The van der Waals surface area contributed by atoms with E-state index in [-0.39, 0.29) is 5.54 Å². The average molecular weight is 275 g/mol. The van der Waals surface area contributed by atoms with E-state index in [4.69, 9.17) is 4.98 Å². The van der Waals surface area contributed by atoms with E-state index in [2.05, 4.69) is 63.9 Å². The van der Waals surface area contributed by atoms with Gasteiger partial charge in [-0.05, 0) is 57.2 Å². The summed E-state index contributed by atoms with van der Waals surface area (Å²) in [4.78, 5) is 7.16. The summed E-state index contributed by atoms with van der Waals surface area (Å²) in [7, 11) is 0. The zero-order valence-corrected chi connectivity index (χ0v) is 13.8. The highest BCUT2D eigenvalue weighted by atomic mass is 15.2. The first kappa shape index (κ1) is 15.3. The number of aryl methyl sites for hydroxylation is 1. The third-order valence-electron chi connectivity index (χ3n) is 4.13. The van der Waals surface area contributed by atoms with Gasteiger partial charge in [-0.2, -0.15) is 0 Å². The molecule has 2 heterocycles. The Labute approximate surface area is 123 Å². The van der Waals surface area contributed by atoms with E-state index in [9.17, 15) is 0 Å². The van der Waals surface area contributed by atoms with Gasteiger partial charge in [0.2, 0.25) is 0 Å². The van der Waals surface area contributed by atoms with Crippen molar-refractivity contribution in [2.45, 2.75) is 53.6 Å². The van der Waals surface area contributed by atoms with Crippen molar-refractivity contribution in [2.24, 2.45) is 11.8 Å². The van der Waals surface area contributed by atoms with E-state index >= 15 is 0 Å². The van der Waals surface area contributed by atoms with E-state index in [1.54, 1.807) is 0 Å². The highest BCUT2D eigenvalue weighted by molar-refractivity contribution is 5.44. The van der Waals surface area contributed by atoms with Gasteiger partial charge in [-0.25, -0.2) is 4.98 Å². The molecular weight excluding hydrogens is 246 g/mol. The number of hydrogen-bond acceptors (Lipinski definition) is 3. The Bertz CT molecular complexity index is 452. The summed E-state index contributed by atoms with van der Waals surface area (Å²) < 4.78 is 0. The minimum absolute atomic E-state index is 0.147. The molecule has 1 aliphatic heterocycles. The predicted molar refractivity (Wildman–Crippen MR) is 86.1 cm³/mol. The predicted octanol–water partition coefficient (Wildman–Crippen LogP) is 3.37. The Morgan fingerprint density at radius 1 is 1.20 bits per heavy atom. The third-order valence-corrected chi connectivity index (χ3v) is 4.13. The molecular formula is C17H29N3. The van der Waals surface area contributed by atoms with Crippen molar-refractivity contribution in [3.63, 3.8) is 0 Å². The monoisotopic (exact) mass is 275 g/mol. The zero-order valence-electron chi connectivity index (χ0n) is 13.8. The molecule has 1 saturated heterocycles.